The van der Waals surface area contributed by atoms with Crippen LogP contribution in [0, 0.1) is 16.7 Å². The molecule has 5 rings (SSSR count). The van der Waals surface area contributed by atoms with Gasteiger partial charge < -0.3 is 14.8 Å². The molecule has 2 heterocycles. The molecule has 2 aliphatic carbocycles. The van der Waals surface area contributed by atoms with Crippen molar-refractivity contribution < 1.29 is 33.4 Å². The van der Waals surface area contributed by atoms with E-state index in [4.69, 9.17) is 9.47 Å². The van der Waals surface area contributed by atoms with E-state index in [0.29, 0.717) is 31.2 Å². The third-order valence-electron chi connectivity index (χ3n) is 9.48. The van der Waals surface area contributed by atoms with E-state index in [-0.39, 0.29) is 34.7 Å². The summed E-state index contributed by atoms with van der Waals surface area (Å²) in [4.78, 5) is 69.3. The van der Waals surface area contributed by atoms with Crippen molar-refractivity contribution >= 4 is 46.0 Å². The molecule has 212 valence electrons. The van der Waals surface area contributed by atoms with Crippen LogP contribution in [0.2, 0.25) is 0 Å². The summed E-state index contributed by atoms with van der Waals surface area (Å²) < 4.78 is 9.98. The van der Waals surface area contributed by atoms with E-state index in [0.717, 1.165) is 10.4 Å². The van der Waals surface area contributed by atoms with Gasteiger partial charge in [-0.15, -0.1) is 11.3 Å². The van der Waals surface area contributed by atoms with Gasteiger partial charge in [-0.3, -0.25) is 24.1 Å². The maximum absolute atomic E-state index is 14.1. The number of nitrogens with zero attached hydrogens (tertiary/aromatic N) is 1. The van der Waals surface area contributed by atoms with E-state index in [1.165, 1.54) is 30.5 Å². The highest BCUT2D eigenvalue weighted by atomic mass is 32.1. The number of anilines is 1. The molecule has 3 aliphatic rings. The predicted octanol–water partition coefficient (Wildman–Crippen LogP) is 4.10. The fraction of sp³-hybridized carbons (Fsp3) is 0.500. The summed E-state index contributed by atoms with van der Waals surface area (Å²) in [6, 6.07) is 8.10. The molecule has 10 heteroatoms. The quantitative estimate of drug-likeness (QED) is 0.396. The molecule has 0 spiro atoms. The maximum Gasteiger partial charge on any atom is 0.341 e. The Morgan fingerprint density at radius 1 is 1.07 bits per heavy atom. The lowest BCUT2D eigenvalue weighted by molar-refractivity contribution is -0.172. The first kappa shape index (κ1) is 28.0. The molecule has 2 fully saturated rings. The van der Waals surface area contributed by atoms with Gasteiger partial charge in [0.25, 0.3) is 0 Å². The van der Waals surface area contributed by atoms with Crippen molar-refractivity contribution in [3.05, 3.63) is 51.9 Å². The van der Waals surface area contributed by atoms with Crippen LogP contribution in [0.4, 0.5) is 5.00 Å². The van der Waals surface area contributed by atoms with Gasteiger partial charge in [0.15, 0.2) is 0 Å². The molecule has 1 aromatic carbocycles. The molecule has 1 N–H and O–H groups in total. The molecule has 40 heavy (non-hydrogen) atoms. The van der Waals surface area contributed by atoms with Crippen molar-refractivity contribution in [3.63, 3.8) is 0 Å². The minimum Gasteiger partial charge on any atom is -0.469 e. The number of amides is 3. The number of rotatable bonds is 7. The average molecular weight is 567 g/mol. The summed E-state index contributed by atoms with van der Waals surface area (Å²) in [5.74, 6) is -3.42. The zero-order chi connectivity index (χ0) is 29.0. The van der Waals surface area contributed by atoms with E-state index in [1.54, 1.807) is 0 Å². The van der Waals surface area contributed by atoms with Crippen LogP contribution in [0.25, 0.3) is 0 Å². The first-order valence-corrected chi connectivity index (χ1v) is 14.3. The SMILES string of the molecule is COC(=O)c1c(NC(=O)C(Cc2ccccc2)N2C(=O)C3CCC(C)(C2=O)C3(C)C)sc2c1C(C(=O)OC)CC2. The number of ether oxygens (including phenoxy) is 2. The zero-order valence-electron chi connectivity index (χ0n) is 23.4. The highest BCUT2D eigenvalue weighted by Crippen LogP contribution is 2.60. The average Bonchev–Trinajstić information content (AvgIpc) is 3.55. The number of methoxy groups -OCH3 is 2. The van der Waals surface area contributed by atoms with Gasteiger partial charge in [-0.05, 0) is 42.2 Å². The molecule has 3 amide bonds. The second-order valence-corrected chi connectivity index (χ2v) is 12.7. The van der Waals surface area contributed by atoms with Crippen molar-refractivity contribution in [2.45, 2.75) is 64.8 Å². The molecule has 1 aromatic heterocycles. The Hall–Kier alpha value is -3.53. The summed E-state index contributed by atoms with van der Waals surface area (Å²) in [5, 5.41) is 3.09. The number of piperidine rings is 1. The van der Waals surface area contributed by atoms with Gasteiger partial charge in [0.05, 0.1) is 31.1 Å². The van der Waals surface area contributed by atoms with Crippen molar-refractivity contribution in [1.82, 2.24) is 4.90 Å². The van der Waals surface area contributed by atoms with Crippen molar-refractivity contribution in [2.75, 3.05) is 19.5 Å². The maximum atomic E-state index is 14.1. The van der Waals surface area contributed by atoms with Crippen LogP contribution >= 0.6 is 11.3 Å². The van der Waals surface area contributed by atoms with Crippen LogP contribution in [0.15, 0.2) is 30.3 Å². The Morgan fingerprint density at radius 3 is 2.42 bits per heavy atom. The number of nitrogens with one attached hydrogen (secondary N) is 1. The number of hydrogen-bond acceptors (Lipinski definition) is 8. The van der Waals surface area contributed by atoms with Crippen molar-refractivity contribution in [1.29, 1.82) is 0 Å². The predicted molar refractivity (Wildman–Crippen MR) is 148 cm³/mol. The lowest BCUT2D eigenvalue weighted by atomic mass is 9.62. The normalized spacial score (nSPS) is 25.4. The molecule has 0 radical (unpaired) electrons. The monoisotopic (exact) mass is 566 g/mol. The van der Waals surface area contributed by atoms with E-state index < -0.39 is 40.6 Å². The van der Waals surface area contributed by atoms with E-state index in [2.05, 4.69) is 5.32 Å². The topological polar surface area (TPSA) is 119 Å². The van der Waals surface area contributed by atoms with Crippen LogP contribution in [-0.2, 0) is 41.5 Å². The fourth-order valence-electron chi connectivity index (χ4n) is 6.71. The van der Waals surface area contributed by atoms with Gasteiger partial charge in [0.1, 0.15) is 11.0 Å². The Bertz CT molecular complexity index is 1400. The molecule has 4 atom stereocenters. The molecule has 2 aromatic rings. The highest BCUT2D eigenvalue weighted by Gasteiger charge is 2.65. The first-order valence-electron chi connectivity index (χ1n) is 13.5. The zero-order valence-corrected chi connectivity index (χ0v) is 24.2. The smallest absolute Gasteiger partial charge is 0.341 e. The standard InChI is InChI=1S/C30H34N2O7S/c1-29(2)18-13-14-30(29,3)28(37)32(25(18)34)19(15-16-9-7-6-8-10-16)23(33)31-24-22(27(36)39-5)21-17(26(35)38-4)11-12-20(21)40-24/h6-10,17-19H,11-15H2,1-5H3,(H,31,33). The van der Waals surface area contributed by atoms with E-state index >= 15 is 0 Å². The minimum atomic E-state index is -1.13. The molecule has 1 saturated carbocycles. The molecule has 4 unspecified atom stereocenters. The second kappa shape index (κ2) is 10.1. The molecular weight excluding hydrogens is 532 g/mol. The third-order valence-corrected chi connectivity index (χ3v) is 10.7. The number of benzene rings is 1. The fourth-order valence-corrected chi connectivity index (χ4v) is 7.98. The number of aryl methyl sites for hydroxylation is 1. The van der Waals surface area contributed by atoms with Crippen LogP contribution in [0.5, 0.6) is 0 Å². The van der Waals surface area contributed by atoms with Crippen molar-refractivity contribution in [3.8, 4) is 0 Å². The number of hydrogen-bond donors (Lipinski definition) is 1. The largest absolute Gasteiger partial charge is 0.469 e. The molecule has 2 bridgehead atoms. The lowest BCUT2D eigenvalue weighted by Gasteiger charge is -2.49. The summed E-state index contributed by atoms with van der Waals surface area (Å²) >= 11 is 1.21. The number of thiophene rings is 1. The van der Waals surface area contributed by atoms with Gasteiger partial charge in [-0.2, -0.15) is 0 Å². The third kappa shape index (κ3) is 4.15. The molecule has 9 nitrogen and oxygen atoms in total. The number of carbonyl (C=O) groups excluding carboxylic acids is 5. The van der Waals surface area contributed by atoms with Crippen molar-refractivity contribution in [2.24, 2.45) is 16.7 Å². The number of likely N-dealkylation sites (tertiary alicyclic amines) is 1. The number of imide groups is 1. The number of carbonyl (C=O) groups is 5. The van der Waals surface area contributed by atoms with E-state index in [1.807, 2.05) is 51.1 Å². The second-order valence-electron chi connectivity index (χ2n) is 11.6. The highest BCUT2D eigenvalue weighted by molar-refractivity contribution is 7.17. The van der Waals surface area contributed by atoms with Gasteiger partial charge >= 0.3 is 11.9 Å². The first-order chi connectivity index (χ1) is 19.0. The van der Waals surface area contributed by atoms with Gasteiger partial charge in [0, 0.05) is 17.2 Å². The molecule has 1 saturated heterocycles. The number of fused-ring (bicyclic) bond motifs is 3. The summed E-state index contributed by atoms with van der Waals surface area (Å²) in [6.07, 6.45) is 2.32. The minimum absolute atomic E-state index is 0.117. The number of esters is 2. The summed E-state index contributed by atoms with van der Waals surface area (Å²) in [7, 11) is 2.53. The Balaban J connectivity index is 1.54. The summed E-state index contributed by atoms with van der Waals surface area (Å²) in [5.41, 5.74) is 0.109. The van der Waals surface area contributed by atoms with Crippen LogP contribution < -0.4 is 5.32 Å². The molecule has 1 aliphatic heterocycles. The van der Waals surface area contributed by atoms with E-state index in [9.17, 15) is 24.0 Å². The Morgan fingerprint density at radius 2 is 1.77 bits per heavy atom. The van der Waals surface area contributed by atoms with Crippen LogP contribution in [-0.4, -0.2) is 54.8 Å². The van der Waals surface area contributed by atoms with Gasteiger partial charge in [-0.25, -0.2) is 4.79 Å². The Labute approximate surface area is 237 Å². The van der Waals surface area contributed by atoms with Gasteiger partial charge in [-0.1, -0.05) is 51.1 Å². The van der Waals surface area contributed by atoms with Crippen LogP contribution in [0.1, 0.15) is 72.3 Å². The molecular formula is C30H34N2O7S. The summed E-state index contributed by atoms with van der Waals surface area (Å²) in [6.45, 7) is 5.80. The van der Waals surface area contributed by atoms with Gasteiger partial charge in [0.2, 0.25) is 17.7 Å². The lowest BCUT2D eigenvalue weighted by Crippen LogP contribution is -2.64. The Kier molecular flexibility index (Phi) is 7.10. The van der Waals surface area contributed by atoms with Crippen LogP contribution in [0.3, 0.4) is 0 Å².